The van der Waals surface area contributed by atoms with Crippen LogP contribution < -0.4 is 5.32 Å². The van der Waals surface area contributed by atoms with E-state index in [4.69, 9.17) is 39.5 Å². The van der Waals surface area contributed by atoms with Crippen LogP contribution in [0.4, 0.5) is 14.5 Å². The van der Waals surface area contributed by atoms with Gasteiger partial charge in [-0.05, 0) is 25.0 Å². The van der Waals surface area contributed by atoms with E-state index in [9.17, 15) is 18.4 Å². The van der Waals surface area contributed by atoms with Gasteiger partial charge in [0.15, 0.2) is 0 Å². The molecule has 0 spiro atoms. The summed E-state index contributed by atoms with van der Waals surface area (Å²) in [5.41, 5.74) is -0.169. The van der Waals surface area contributed by atoms with Gasteiger partial charge in [0, 0.05) is 6.07 Å². The summed E-state index contributed by atoms with van der Waals surface area (Å²) in [6, 6.07) is 2.80. The molecule has 0 saturated carbocycles. The van der Waals surface area contributed by atoms with Gasteiger partial charge in [-0.2, -0.15) is 0 Å². The average Bonchev–Trinajstić information content (AvgIpc) is 2.61. The number of anilines is 1. The van der Waals surface area contributed by atoms with Crippen LogP contribution in [-0.2, 0) is 14.3 Å². The Kier molecular flexibility index (Phi) is 7.43. The van der Waals surface area contributed by atoms with Crippen molar-refractivity contribution in [2.75, 3.05) is 11.9 Å². The van der Waals surface area contributed by atoms with Crippen molar-refractivity contribution in [3.8, 4) is 0 Å². The van der Waals surface area contributed by atoms with Crippen molar-refractivity contribution in [1.82, 2.24) is 0 Å². The minimum atomic E-state index is -0.905. The van der Waals surface area contributed by atoms with E-state index in [1.54, 1.807) is 12.2 Å². The third-order valence-corrected chi connectivity index (χ3v) is 4.75. The van der Waals surface area contributed by atoms with E-state index >= 15 is 0 Å². The van der Waals surface area contributed by atoms with Gasteiger partial charge in [0.05, 0.1) is 22.6 Å². The van der Waals surface area contributed by atoms with Crippen molar-refractivity contribution in [3.63, 3.8) is 0 Å². The molecule has 0 aliphatic heterocycles. The monoisotopic (exact) mass is 423 g/mol. The smallest absolute Gasteiger partial charge is 0.310 e. The Balaban J connectivity index is 2.07. The molecule has 26 heavy (non-hydrogen) atoms. The molecule has 9 heteroatoms. The summed E-state index contributed by atoms with van der Waals surface area (Å²) in [7, 11) is 0. The molecular formula is C17H14Cl3F2NO3. The highest BCUT2D eigenvalue weighted by atomic mass is 35.5. The molecule has 0 fully saturated rings. The number of ether oxygens (including phenoxy) is 1. The highest BCUT2D eigenvalue weighted by Gasteiger charge is 2.35. The minimum Gasteiger partial charge on any atom is -0.460 e. The van der Waals surface area contributed by atoms with Crippen molar-refractivity contribution >= 4 is 52.4 Å². The quantitative estimate of drug-likeness (QED) is 0.539. The fourth-order valence-electron chi connectivity index (χ4n) is 2.48. The number of esters is 1. The lowest BCUT2D eigenvalue weighted by atomic mass is 9.82. The maximum atomic E-state index is 13.7. The van der Waals surface area contributed by atoms with Crippen LogP contribution in [0.3, 0.4) is 0 Å². The number of carbonyl (C=O) groups excluding carboxylic acids is 2. The Labute approximate surface area is 163 Å². The van der Waals surface area contributed by atoms with Crippen LogP contribution in [-0.4, -0.2) is 18.5 Å². The molecule has 1 aromatic carbocycles. The molecule has 1 N–H and O–H groups in total. The summed E-state index contributed by atoms with van der Waals surface area (Å²) < 4.78 is 31.5. The molecule has 0 heterocycles. The van der Waals surface area contributed by atoms with Gasteiger partial charge >= 0.3 is 5.97 Å². The number of amides is 1. The number of carbonyl (C=O) groups is 2. The maximum Gasteiger partial charge on any atom is 0.310 e. The van der Waals surface area contributed by atoms with E-state index in [1.165, 1.54) is 0 Å². The number of hydrogen-bond donors (Lipinski definition) is 1. The molecule has 0 aromatic heterocycles. The van der Waals surface area contributed by atoms with Crippen LogP contribution in [0.25, 0.3) is 0 Å². The average molecular weight is 425 g/mol. The fraction of sp³-hybridized carbons (Fsp3) is 0.294. The molecule has 0 saturated heterocycles. The predicted molar refractivity (Wildman–Crippen MR) is 95.9 cm³/mol. The number of rotatable bonds is 5. The SMILES string of the molecule is O=C(Nc1ccc(F)cc1F)C1CC=CCC1C(=O)OCC(Cl)=C(Cl)Cl. The van der Waals surface area contributed by atoms with Gasteiger partial charge in [0.2, 0.25) is 5.91 Å². The Morgan fingerprint density at radius 3 is 2.38 bits per heavy atom. The maximum absolute atomic E-state index is 13.7. The predicted octanol–water partition coefficient (Wildman–Crippen LogP) is 4.91. The lowest BCUT2D eigenvalue weighted by Crippen LogP contribution is -2.36. The molecule has 1 amide bonds. The summed E-state index contributed by atoms with van der Waals surface area (Å²) in [4.78, 5) is 24.8. The normalized spacial score (nSPS) is 19.0. The highest BCUT2D eigenvalue weighted by Crippen LogP contribution is 2.29. The zero-order valence-corrected chi connectivity index (χ0v) is 15.5. The number of allylic oxidation sites excluding steroid dienone is 2. The molecular weight excluding hydrogens is 411 g/mol. The Morgan fingerprint density at radius 1 is 1.12 bits per heavy atom. The van der Waals surface area contributed by atoms with Crippen molar-refractivity contribution < 1.29 is 23.1 Å². The standard InChI is InChI=1S/C17H14Cl3F2NO3/c18-12(15(19)20)8-26-17(25)11-4-2-1-3-10(11)16(24)23-14-6-5-9(21)7-13(14)22/h1-2,5-7,10-11H,3-4,8H2,(H,23,24). The van der Waals surface area contributed by atoms with Gasteiger partial charge in [0.1, 0.15) is 22.7 Å². The zero-order chi connectivity index (χ0) is 19.3. The Hall–Kier alpha value is -1.63. The summed E-state index contributed by atoms with van der Waals surface area (Å²) in [6.07, 6.45) is 4.05. The zero-order valence-electron chi connectivity index (χ0n) is 13.3. The lowest BCUT2D eigenvalue weighted by Gasteiger charge is -2.26. The first kappa shape index (κ1) is 20.7. The van der Waals surface area contributed by atoms with E-state index in [-0.39, 0.29) is 34.7 Å². The van der Waals surface area contributed by atoms with E-state index in [1.807, 2.05) is 0 Å². The van der Waals surface area contributed by atoms with Crippen LogP contribution in [0.1, 0.15) is 12.8 Å². The third-order valence-electron chi connectivity index (χ3n) is 3.81. The van der Waals surface area contributed by atoms with Crippen LogP contribution in [0.5, 0.6) is 0 Å². The molecule has 1 aliphatic carbocycles. The molecule has 0 radical (unpaired) electrons. The van der Waals surface area contributed by atoms with Gasteiger partial charge in [-0.15, -0.1) is 0 Å². The Bertz CT molecular complexity index is 764. The van der Waals surface area contributed by atoms with Gasteiger partial charge in [-0.25, -0.2) is 8.78 Å². The van der Waals surface area contributed by atoms with Gasteiger partial charge < -0.3 is 10.1 Å². The summed E-state index contributed by atoms with van der Waals surface area (Å²) >= 11 is 16.7. The topological polar surface area (TPSA) is 55.4 Å². The van der Waals surface area contributed by atoms with Gasteiger partial charge in [-0.1, -0.05) is 47.0 Å². The van der Waals surface area contributed by atoms with E-state index < -0.39 is 35.3 Å². The molecule has 1 aliphatic rings. The van der Waals surface area contributed by atoms with Crippen LogP contribution in [0.15, 0.2) is 39.9 Å². The molecule has 2 unspecified atom stereocenters. The molecule has 2 atom stereocenters. The molecule has 4 nitrogen and oxygen atoms in total. The van der Waals surface area contributed by atoms with Crippen molar-refractivity contribution in [1.29, 1.82) is 0 Å². The van der Waals surface area contributed by atoms with Crippen molar-refractivity contribution in [3.05, 3.63) is 51.5 Å². The molecule has 1 aromatic rings. The number of benzene rings is 1. The van der Waals surface area contributed by atoms with E-state index in [0.717, 1.165) is 12.1 Å². The highest BCUT2D eigenvalue weighted by molar-refractivity contribution is 6.59. The lowest BCUT2D eigenvalue weighted by molar-refractivity contribution is -0.151. The number of nitrogens with one attached hydrogen (secondary N) is 1. The number of hydrogen-bond acceptors (Lipinski definition) is 3. The summed E-state index contributed by atoms with van der Waals surface area (Å²) in [6.45, 7) is -0.316. The first-order chi connectivity index (χ1) is 12.3. The summed E-state index contributed by atoms with van der Waals surface area (Å²) in [5.74, 6) is -4.43. The van der Waals surface area contributed by atoms with Crippen LogP contribution in [0, 0.1) is 23.5 Å². The minimum absolute atomic E-state index is 0.0394. The van der Waals surface area contributed by atoms with E-state index in [2.05, 4.69) is 5.32 Å². The van der Waals surface area contributed by atoms with Crippen LogP contribution in [0.2, 0.25) is 0 Å². The molecule has 2 rings (SSSR count). The van der Waals surface area contributed by atoms with Gasteiger partial charge in [-0.3, -0.25) is 9.59 Å². The summed E-state index contributed by atoms with van der Waals surface area (Å²) in [5, 5.41) is 2.34. The first-order valence-electron chi connectivity index (χ1n) is 7.56. The largest absolute Gasteiger partial charge is 0.460 e. The second-order valence-corrected chi connectivity index (χ2v) is 6.95. The van der Waals surface area contributed by atoms with Crippen molar-refractivity contribution in [2.24, 2.45) is 11.8 Å². The molecule has 0 bridgehead atoms. The first-order valence-corrected chi connectivity index (χ1v) is 8.70. The van der Waals surface area contributed by atoms with Crippen molar-refractivity contribution in [2.45, 2.75) is 12.8 Å². The van der Waals surface area contributed by atoms with E-state index in [0.29, 0.717) is 6.07 Å². The second kappa shape index (κ2) is 9.35. The van der Waals surface area contributed by atoms with Gasteiger partial charge in [0.25, 0.3) is 0 Å². The Morgan fingerprint density at radius 2 is 1.77 bits per heavy atom. The van der Waals surface area contributed by atoms with Crippen LogP contribution >= 0.6 is 34.8 Å². The second-order valence-electron chi connectivity index (χ2n) is 5.54. The number of halogens is 5. The third kappa shape index (κ3) is 5.43. The fourth-order valence-corrected chi connectivity index (χ4v) is 2.64. The molecule has 140 valence electrons.